The molecule has 0 aliphatic carbocycles. The number of fused-ring (bicyclic) bond motifs is 1. The van der Waals surface area contributed by atoms with Gasteiger partial charge in [-0.15, -0.1) is 11.8 Å². The second-order valence-electron chi connectivity index (χ2n) is 4.77. The van der Waals surface area contributed by atoms with E-state index in [1.165, 1.54) is 16.7 Å². The van der Waals surface area contributed by atoms with E-state index in [-0.39, 0.29) is 11.8 Å². The van der Waals surface area contributed by atoms with Crippen molar-refractivity contribution in [2.75, 3.05) is 12.3 Å². The van der Waals surface area contributed by atoms with Crippen LogP contribution in [0.5, 0.6) is 0 Å². The minimum Gasteiger partial charge on any atom is -0.480 e. The summed E-state index contributed by atoms with van der Waals surface area (Å²) >= 11 is 1.35. The third-order valence-electron chi connectivity index (χ3n) is 3.37. The molecule has 1 aliphatic rings. The van der Waals surface area contributed by atoms with Crippen LogP contribution in [0.1, 0.15) is 40.5 Å². The zero-order valence-corrected chi connectivity index (χ0v) is 12.6. The van der Waals surface area contributed by atoms with Crippen molar-refractivity contribution < 1.29 is 19.5 Å². The largest absolute Gasteiger partial charge is 0.480 e. The molecule has 1 aromatic carbocycles. The molecular weight excluding hydrogens is 290 g/mol. The van der Waals surface area contributed by atoms with Gasteiger partial charge in [-0.2, -0.15) is 0 Å². The van der Waals surface area contributed by atoms with Gasteiger partial charge in [-0.1, -0.05) is 19.1 Å². The zero-order valence-electron chi connectivity index (χ0n) is 11.7. The number of carbonyl (C=O) groups excluding carboxylic acids is 2. The Balaban J connectivity index is 1.87. The fourth-order valence-electron chi connectivity index (χ4n) is 2.25. The quantitative estimate of drug-likeness (QED) is 0.618. The van der Waals surface area contributed by atoms with Crippen molar-refractivity contribution in [2.24, 2.45) is 0 Å². The van der Waals surface area contributed by atoms with Crippen LogP contribution in [-0.2, 0) is 4.79 Å². The molecule has 6 heteroatoms. The molecule has 0 spiro atoms. The van der Waals surface area contributed by atoms with Gasteiger partial charge in [-0.05, 0) is 30.7 Å². The number of hydrogen-bond acceptors (Lipinski definition) is 4. The summed E-state index contributed by atoms with van der Waals surface area (Å²) in [4.78, 5) is 36.3. The first-order chi connectivity index (χ1) is 10.1. The third-order valence-corrected chi connectivity index (χ3v) is 4.83. The summed E-state index contributed by atoms with van der Waals surface area (Å²) in [6.45, 7) is 2.16. The molecule has 2 rings (SSSR count). The summed E-state index contributed by atoms with van der Waals surface area (Å²) < 4.78 is 0. The molecule has 0 saturated heterocycles. The Labute approximate surface area is 127 Å². The van der Waals surface area contributed by atoms with Gasteiger partial charge in [-0.25, -0.2) is 0 Å². The van der Waals surface area contributed by atoms with Crippen molar-refractivity contribution >= 4 is 29.5 Å². The average molecular weight is 307 g/mol. The molecule has 0 saturated carbocycles. The number of aliphatic carboxylic acids is 1. The van der Waals surface area contributed by atoms with Crippen LogP contribution in [0.4, 0.5) is 0 Å². The molecule has 112 valence electrons. The first-order valence-corrected chi connectivity index (χ1v) is 7.90. The van der Waals surface area contributed by atoms with E-state index in [2.05, 4.69) is 0 Å². The third kappa shape index (κ3) is 3.26. The molecular formula is C15H17NO4S. The molecule has 2 amide bonds. The van der Waals surface area contributed by atoms with Gasteiger partial charge in [0.2, 0.25) is 0 Å². The molecule has 1 aromatic rings. The zero-order chi connectivity index (χ0) is 15.4. The van der Waals surface area contributed by atoms with Crippen molar-refractivity contribution in [1.29, 1.82) is 0 Å². The Kier molecular flexibility index (Phi) is 5.01. The van der Waals surface area contributed by atoms with Crippen molar-refractivity contribution in [3.8, 4) is 0 Å². The maximum absolute atomic E-state index is 12.1. The lowest BCUT2D eigenvalue weighted by Gasteiger charge is -2.14. The normalized spacial score (nSPS) is 15.2. The van der Waals surface area contributed by atoms with Gasteiger partial charge in [0.25, 0.3) is 11.8 Å². The highest BCUT2D eigenvalue weighted by Gasteiger charge is 2.34. The summed E-state index contributed by atoms with van der Waals surface area (Å²) in [5, 5.41) is 8.52. The van der Waals surface area contributed by atoms with Gasteiger partial charge in [0, 0.05) is 6.54 Å². The predicted octanol–water partition coefficient (Wildman–Crippen LogP) is 2.27. The number of thioether (sulfide) groups is 1. The lowest BCUT2D eigenvalue weighted by Crippen LogP contribution is -2.31. The van der Waals surface area contributed by atoms with E-state index in [0.717, 1.165) is 0 Å². The molecule has 1 aliphatic heterocycles. The Morgan fingerprint density at radius 3 is 2.29 bits per heavy atom. The maximum Gasteiger partial charge on any atom is 0.316 e. The van der Waals surface area contributed by atoms with Crippen LogP contribution in [0.2, 0.25) is 0 Å². The van der Waals surface area contributed by atoms with E-state index in [1.54, 1.807) is 24.3 Å². The number of carboxylic acids is 1. The van der Waals surface area contributed by atoms with Crippen LogP contribution in [-0.4, -0.2) is 45.3 Å². The van der Waals surface area contributed by atoms with E-state index in [4.69, 9.17) is 5.11 Å². The van der Waals surface area contributed by atoms with Crippen LogP contribution < -0.4 is 0 Å². The molecule has 0 bridgehead atoms. The molecule has 0 aromatic heterocycles. The molecule has 21 heavy (non-hydrogen) atoms. The lowest BCUT2D eigenvalue weighted by molar-refractivity contribution is -0.136. The highest BCUT2D eigenvalue weighted by atomic mass is 32.2. The average Bonchev–Trinajstić information content (AvgIpc) is 2.72. The minimum absolute atomic E-state index is 0.258. The summed E-state index contributed by atoms with van der Waals surface area (Å²) in [5.41, 5.74) is 0.902. The molecule has 0 radical (unpaired) electrons. The second-order valence-corrected chi connectivity index (χ2v) is 6.08. The van der Waals surface area contributed by atoms with Crippen LogP contribution in [0.3, 0.4) is 0 Å². The molecule has 1 heterocycles. The summed E-state index contributed by atoms with van der Waals surface area (Å²) in [7, 11) is 0. The predicted molar refractivity (Wildman–Crippen MR) is 80.6 cm³/mol. The van der Waals surface area contributed by atoms with Crippen LogP contribution in [0, 0.1) is 0 Å². The van der Waals surface area contributed by atoms with Gasteiger partial charge in [0.15, 0.2) is 0 Å². The Bertz CT molecular complexity index is 538. The van der Waals surface area contributed by atoms with Crippen molar-refractivity contribution in [3.05, 3.63) is 35.4 Å². The van der Waals surface area contributed by atoms with Gasteiger partial charge in [-0.3, -0.25) is 19.3 Å². The van der Waals surface area contributed by atoms with E-state index in [0.29, 0.717) is 36.3 Å². The Morgan fingerprint density at radius 1 is 1.24 bits per heavy atom. The first kappa shape index (κ1) is 15.6. The minimum atomic E-state index is -0.816. The topological polar surface area (TPSA) is 74.7 Å². The number of hydrogen-bond donors (Lipinski definition) is 1. The van der Waals surface area contributed by atoms with Gasteiger partial charge in [0.1, 0.15) is 5.25 Å². The molecule has 5 nitrogen and oxygen atoms in total. The van der Waals surface area contributed by atoms with Crippen molar-refractivity contribution in [3.63, 3.8) is 0 Å². The summed E-state index contributed by atoms with van der Waals surface area (Å²) in [5.74, 6) is -0.724. The van der Waals surface area contributed by atoms with Gasteiger partial charge in [0.05, 0.1) is 11.1 Å². The SMILES string of the molecule is CCC(SCCCN1C(=O)c2ccccc2C1=O)C(=O)O. The first-order valence-electron chi connectivity index (χ1n) is 6.86. The number of nitrogens with zero attached hydrogens (tertiary/aromatic N) is 1. The van der Waals surface area contributed by atoms with Crippen LogP contribution in [0.15, 0.2) is 24.3 Å². The van der Waals surface area contributed by atoms with E-state index >= 15 is 0 Å². The van der Waals surface area contributed by atoms with Crippen LogP contribution in [0.25, 0.3) is 0 Å². The number of rotatable bonds is 7. The maximum atomic E-state index is 12.1. The van der Waals surface area contributed by atoms with E-state index in [1.807, 2.05) is 6.92 Å². The Hall–Kier alpha value is -1.82. The smallest absolute Gasteiger partial charge is 0.316 e. The molecule has 0 fully saturated rings. The van der Waals surface area contributed by atoms with Gasteiger partial charge < -0.3 is 5.11 Å². The highest BCUT2D eigenvalue weighted by Crippen LogP contribution is 2.23. The standard InChI is InChI=1S/C15H17NO4S/c1-2-12(15(19)20)21-9-5-8-16-13(17)10-6-3-4-7-11(10)14(16)18/h3-4,6-7,12H,2,5,8-9H2,1H3,(H,19,20). The number of benzene rings is 1. The van der Waals surface area contributed by atoms with Crippen molar-refractivity contribution in [2.45, 2.75) is 25.0 Å². The lowest BCUT2D eigenvalue weighted by atomic mass is 10.1. The number of amides is 2. The molecule has 1 atom stereocenters. The summed E-state index contributed by atoms with van der Waals surface area (Å²) in [6.07, 6.45) is 1.16. The van der Waals surface area contributed by atoms with Gasteiger partial charge >= 0.3 is 5.97 Å². The van der Waals surface area contributed by atoms with Crippen molar-refractivity contribution in [1.82, 2.24) is 4.90 Å². The molecule has 1 N–H and O–H groups in total. The fraction of sp³-hybridized carbons (Fsp3) is 0.400. The number of carbonyl (C=O) groups is 3. The second kappa shape index (κ2) is 6.76. The summed E-state index contributed by atoms with van der Waals surface area (Å²) in [6, 6.07) is 6.79. The van der Waals surface area contributed by atoms with E-state index < -0.39 is 11.2 Å². The number of carboxylic acid groups (broad SMARTS) is 1. The van der Waals surface area contributed by atoms with E-state index in [9.17, 15) is 14.4 Å². The molecule has 1 unspecified atom stereocenters. The highest BCUT2D eigenvalue weighted by molar-refractivity contribution is 8.00. The van der Waals surface area contributed by atoms with Crippen LogP contribution >= 0.6 is 11.8 Å². The monoisotopic (exact) mass is 307 g/mol. The Morgan fingerprint density at radius 2 is 1.81 bits per heavy atom. The number of imide groups is 1. The fourth-order valence-corrected chi connectivity index (χ4v) is 3.21.